The normalized spacial score (nSPS) is 17.3. The molecule has 0 bridgehead atoms. The molecule has 1 saturated heterocycles. The first-order chi connectivity index (χ1) is 9.56. The highest BCUT2D eigenvalue weighted by atomic mass is 16.6. The second kappa shape index (κ2) is 6.10. The molecule has 1 aromatic rings. The molecule has 0 saturated carbocycles. The van der Waals surface area contributed by atoms with Gasteiger partial charge in [-0.15, -0.1) is 0 Å². The average Bonchev–Trinajstić information content (AvgIpc) is 3.23. The van der Waals surface area contributed by atoms with Crippen LogP contribution < -0.4 is 10.6 Å². The number of carbonyl (C=O) groups is 3. The Hall–Kier alpha value is -2.21. The Balaban J connectivity index is 1.78. The fraction of sp³-hybridized carbons (Fsp3) is 0.308. The first-order valence-corrected chi connectivity index (χ1v) is 5.87. The van der Waals surface area contributed by atoms with Gasteiger partial charge in [-0.25, -0.2) is 9.59 Å². The van der Waals surface area contributed by atoms with Gasteiger partial charge in [0.25, 0.3) is 0 Å². The smallest absolute Gasteiger partial charge is 0.333 e. The number of hydrogen-bond donors (Lipinski definition) is 2. The molecule has 19 heavy (non-hydrogen) atoms. The van der Waals surface area contributed by atoms with Crippen LogP contribution in [0.3, 0.4) is 0 Å². The van der Waals surface area contributed by atoms with E-state index in [1.807, 2.05) is 6.07 Å². The molecule has 1 aromatic carbocycles. The number of amides is 1. The maximum absolute atomic E-state index is 11.7. The van der Waals surface area contributed by atoms with Gasteiger partial charge in [0, 0.05) is 6.54 Å². The molecule has 0 aromatic heterocycles. The first-order valence-electron chi connectivity index (χ1n) is 6.32. The minimum Gasteiger partial charge on any atom is -0.391 e. The van der Waals surface area contributed by atoms with E-state index in [1.165, 1.54) is 0 Å². The molecule has 2 N–H and O–H groups in total. The van der Waals surface area contributed by atoms with Gasteiger partial charge in [0.1, 0.15) is 12.6 Å². The lowest BCUT2D eigenvalue weighted by atomic mass is 10.1. The van der Waals surface area contributed by atoms with Crippen molar-refractivity contribution in [3.8, 4) is 0 Å². The summed E-state index contributed by atoms with van der Waals surface area (Å²) in [5.41, 5.74) is 0.751. The monoisotopic (exact) mass is 263 g/mol. The molecule has 6 heteroatoms. The van der Waals surface area contributed by atoms with E-state index in [0.29, 0.717) is 11.9 Å². The summed E-state index contributed by atoms with van der Waals surface area (Å²) in [4.78, 5) is 34.3. The standard InChI is InChI=1S/C13H14N2O4/c16-11(6-9-4-2-1-3-5-9)15-8-12(17)19-13(18)10-7-14-10/h1-5,10,14H,6-8H2,(H,15,16)/i/hD. The second-order valence-electron chi connectivity index (χ2n) is 4.13. The van der Waals surface area contributed by atoms with Crippen molar-refractivity contribution in [2.24, 2.45) is 0 Å². The minimum atomic E-state index is -0.903. The molecule has 1 heterocycles. The third kappa shape index (κ3) is 4.51. The van der Waals surface area contributed by atoms with Crippen LogP contribution in [-0.4, -0.2) is 37.0 Å². The minimum absolute atomic E-state index is 0.0236. The molecule has 1 amide bonds. The zero-order valence-electron chi connectivity index (χ0n) is 11.2. The number of benzene rings is 1. The van der Waals surface area contributed by atoms with Gasteiger partial charge in [0.05, 0.1) is 6.42 Å². The van der Waals surface area contributed by atoms with Crippen molar-refractivity contribution >= 4 is 17.8 Å². The van der Waals surface area contributed by atoms with Crippen molar-refractivity contribution in [2.45, 2.75) is 12.5 Å². The van der Waals surface area contributed by atoms with Gasteiger partial charge < -0.3 is 15.4 Å². The summed E-state index contributed by atoms with van der Waals surface area (Å²) in [6.07, 6.45) is 0.0236. The van der Waals surface area contributed by atoms with Crippen LogP contribution in [0.5, 0.6) is 0 Å². The molecule has 100 valence electrons. The van der Waals surface area contributed by atoms with Crippen molar-refractivity contribution in [1.29, 1.82) is 0 Å². The topological polar surface area (TPSA) is 94.4 Å². The largest absolute Gasteiger partial charge is 0.391 e. The van der Waals surface area contributed by atoms with E-state index in [9.17, 15) is 14.4 Å². The van der Waals surface area contributed by atoms with Crippen molar-refractivity contribution in [1.82, 2.24) is 10.6 Å². The van der Waals surface area contributed by atoms with E-state index in [-0.39, 0.29) is 6.42 Å². The van der Waals surface area contributed by atoms with Gasteiger partial charge in [0.15, 0.2) is 1.41 Å². The van der Waals surface area contributed by atoms with Gasteiger partial charge in [-0.1, -0.05) is 30.3 Å². The van der Waals surface area contributed by atoms with E-state index in [0.717, 1.165) is 5.56 Å². The Labute approximate surface area is 111 Å². The summed E-state index contributed by atoms with van der Waals surface area (Å²) < 4.78 is 12.0. The summed E-state index contributed by atoms with van der Waals surface area (Å²) in [5.74, 6) is -2.11. The van der Waals surface area contributed by atoms with Crippen LogP contribution in [0.25, 0.3) is 0 Å². The zero-order chi connectivity index (χ0) is 14.5. The highest BCUT2D eigenvalue weighted by molar-refractivity contribution is 5.92. The van der Waals surface area contributed by atoms with Crippen LogP contribution in [-0.2, 0) is 25.5 Å². The number of carbonyl (C=O) groups excluding carboxylic acids is 3. The van der Waals surface area contributed by atoms with E-state index < -0.39 is 30.4 Å². The van der Waals surface area contributed by atoms with Crippen LogP contribution in [0, 0.1) is 0 Å². The molecular weight excluding hydrogens is 248 g/mol. The van der Waals surface area contributed by atoms with Crippen LogP contribution in [0.15, 0.2) is 30.3 Å². The van der Waals surface area contributed by atoms with Gasteiger partial charge in [-0.3, -0.25) is 4.79 Å². The lowest BCUT2D eigenvalue weighted by Crippen LogP contribution is -2.33. The zero-order valence-corrected chi connectivity index (χ0v) is 10.2. The van der Waals surface area contributed by atoms with E-state index in [1.54, 1.807) is 24.3 Å². The molecule has 2 rings (SSSR count). The fourth-order valence-corrected chi connectivity index (χ4v) is 1.42. The van der Waals surface area contributed by atoms with Gasteiger partial charge in [-0.05, 0) is 5.56 Å². The highest BCUT2D eigenvalue weighted by Gasteiger charge is 2.31. The third-order valence-corrected chi connectivity index (χ3v) is 2.49. The maximum atomic E-state index is 11.7. The molecular formula is C13H14N2O4. The predicted molar refractivity (Wildman–Crippen MR) is 66.0 cm³/mol. The number of rotatable bonds is 5. The Kier molecular flexibility index (Phi) is 3.81. The van der Waals surface area contributed by atoms with Crippen molar-refractivity contribution < 1.29 is 20.5 Å². The number of nitrogens with one attached hydrogen (secondary N) is 2. The highest BCUT2D eigenvalue weighted by Crippen LogP contribution is 2.00. The van der Waals surface area contributed by atoms with E-state index in [4.69, 9.17) is 1.41 Å². The Morgan fingerprint density at radius 1 is 1.37 bits per heavy atom. The summed E-state index contributed by atoms with van der Waals surface area (Å²) in [5, 5.41) is 3.20. The lowest BCUT2D eigenvalue weighted by Gasteiger charge is -2.04. The van der Waals surface area contributed by atoms with Crippen LogP contribution in [0.2, 0.25) is 1.41 Å². The molecule has 0 spiro atoms. The molecule has 1 aliphatic rings. The Morgan fingerprint density at radius 2 is 2.05 bits per heavy atom. The molecule has 1 aliphatic heterocycles. The SMILES string of the molecule is [2H]N(CC(=O)OC(=O)C1CN1)C(=O)Cc1ccccc1. The summed E-state index contributed by atoms with van der Waals surface area (Å²) in [6.45, 7) is -0.0756. The first kappa shape index (κ1) is 11.9. The summed E-state index contributed by atoms with van der Waals surface area (Å²) in [7, 11) is 0. The molecule has 0 radical (unpaired) electrons. The van der Waals surface area contributed by atoms with Gasteiger partial charge in [-0.2, -0.15) is 0 Å². The lowest BCUT2D eigenvalue weighted by molar-refractivity contribution is -0.159. The fourth-order valence-electron chi connectivity index (χ4n) is 1.42. The number of esters is 2. The summed E-state index contributed by atoms with van der Waals surface area (Å²) >= 11 is 0. The van der Waals surface area contributed by atoms with Gasteiger partial charge in [0.2, 0.25) is 5.91 Å². The number of hydrogen-bond acceptors (Lipinski definition) is 5. The van der Waals surface area contributed by atoms with Crippen LogP contribution in [0.4, 0.5) is 0 Å². The molecule has 0 aliphatic carbocycles. The second-order valence-corrected chi connectivity index (χ2v) is 4.13. The van der Waals surface area contributed by atoms with Gasteiger partial charge >= 0.3 is 11.9 Å². The predicted octanol–water partition coefficient (Wildman–Crippen LogP) is -0.613. The average molecular weight is 263 g/mol. The van der Waals surface area contributed by atoms with Crippen LogP contribution >= 0.6 is 0 Å². The Morgan fingerprint density at radius 3 is 2.68 bits per heavy atom. The molecule has 1 atom stereocenters. The van der Waals surface area contributed by atoms with E-state index >= 15 is 0 Å². The molecule has 1 fully saturated rings. The van der Waals surface area contributed by atoms with Crippen molar-refractivity contribution in [3.05, 3.63) is 35.9 Å². The van der Waals surface area contributed by atoms with Crippen molar-refractivity contribution in [3.63, 3.8) is 0 Å². The quantitative estimate of drug-likeness (QED) is 0.420. The van der Waals surface area contributed by atoms with E-state index in [2.05, 4.69) is 10.1 Å². The molecule has 6 nitrogen and oxygen atoms in total. The maximum Gasteiger partial charge on any atom is 0.333 e. The Bertz CT molecular complexity index is 516. The number of ether oxygens (including phenoxy) is 1. The van der Waals surface area contributed by atoms with Crippen molar-refractivity contribution in [2.75, 3.05) is 13.1 Å². The summed E-state index contributed by atoms with van der Waals surface area (Å²) in [6, 6.07) is 8.47. The molecule has 1 unspecified atom stereocenters. The third-order valence-electron chi connectivity index (χ3n) is 2.49. The van der Waals surface area contributed by atoms with Crippen LogP contribution in [0.1, 0.15) is 5.56 Å².